The third kappa shape index (κ3) is 4.61. The highest BCUT2D eigenvalue weighted by atomic mass is 16.5. The molecule has 1 saturated heterocycles. The molecule has 0 aromatic rings. The van der Waals surface area contributed by atoms with Crippen molar-refractivity contribution in [2.45, 2.75) is 19.4 Å². The Morgan fingerprint density at radius 1 is 1.62 bits per heavy atom. The minimum Gasteiger partial charge on any atom is -0.395 e. The zero-order valence-electron chi connectivity index (χ0n) is 10.2. The first-order valence-electron chi connectivity index (χ1n) is 6.08. The number of aliphatic hydroxyl groups excluding tert-OH is 1. The van der Waals surface area contributed by atoms with Crippen LogP contribution in [0, 0.1) is 0 Å². The molecule has 1 aliphatic rings. The van der Waals surface area contributed by atoms with E-state index in [2.05, 4.69) is 23.7 Å². The van der Waals surface area contributed by atoms with Crippen LogP contribution in [0.4, 0.5) is 0 Å². The summed E-state index contributed by atoms with van der Waals surface area (Å²) >= 11 is 0. The molecule has 0 amide bonds. The van der Waals surface area contributed by atoms with Gasteiger partial charge in [-0.15, -0.1) is 0 Å². The first-order chi connectivity index (χ1) is 7.77. The van der Waals surface area contributed by atoms with Crippen molar-refractivity contribution in [3.63, 3.8) is 0 Å². The molecule has 0 aliphatic carbocycles. The van der Waals surface area contributed by atoms with Crippen molar-refractivity contribution >= 4 is 0 Å². The van der Waals surface area contributed by atoms with Gasteiger partial charge in [-0.2, -0.15) is 0 Å². The van der Waals surface area contributed by atoms with E-state index in [1.54, 1.807) is 0 Å². The molecule has 0 spiro atoms. The van der Waals surface area contributed by atoms with Gasteiger partial charge in [0.25, 0.3) is 0 Å². The lowest BCUT2D eigenvalue weighted by Crippen LogP contribution is -2.48. The molecule has 1 atom stereocenters. The molecule has 0 aromatic heterocycles. The van der Waals surface area contributed by atoms with Gasteiger partial charge in [0.2, 0.25) is 0 Å². The van der Waals surface area contributed by atoms with E-state index in [4.69, 9.17) is 4.74 Å². The zero-order valence-corrected chi connectivity index (χ0v) is 10.2. The first kappa shape index (κ1) is 13.6. The Hall–Kier alpha value is -0.420. The Labute approximate surface area is 98.3 Å². The van der Waals surface area contributed by atoms with Crippen LogP contribution >= 0.6 is 0 Å². The van der Waals surface area contributed by atoms with Crippen LogP contribution in [0.15, 0.2) is 12.2 Å². The molecule has 1 heterocycles. The number of morpholine rings is 1. The summed E-state index contributed by atoms with van der Waals surface area (Å²) in [6.45, 7) is 11.4. The highest BCUT2D eigenvalue weighted by Crippen LogP contribution is 2.08. The second kappa shape index (κ2) is 7.79. The topological polar surface area (TPSA) is 44.7 Å². The van der Waals surface area contributed by atoms with Crippen molar-refractivity contribution in [2.75, 3.05) is 46.0 Å². The Morgan fingerprint density at radius 2 is 2.44 bits per heavy atom. The van der Waals surface area contributed by atoms with Crippen molar-refractivity contribution in [1.29, 1.82) is 0 Å². The summed E-state index contributed by atoms with van der Waals surface area (Å²) in [5.41, 5.74) is 1.17. The number of nitrogens with one attached hydrogen (secondary N) is 1. The van der Waals surface area contributed by atoms with Gasteiger partial charge in [0.1, 0.15) is 0 Å². The van der Waals surface area contributed by atoms with E-state index in [9.17, 15) is 5.11 Å². The molecule has 0 aromatic carbocycles. The molecule has 94 valence electrons. The van der Waals surface area contributed by atoms with Gasteiger partial charge in [-0.05, 0) is 18.5 Å². The van der Waals surface area contributed by atoms with E-state index in [1.807, 2.05) is 0 Å². The van der Waals surface area contributed by atoms with Crippen LogP contribution in [0.2, 0.25) is 0 Å². The summed E-state index contributed by atoms with van der Waals surface area (Å²) < 4.78 is 5.34. The third-order valence-corrected chi connectivity index (χ3v) is 2.79. The minimum atomic E-state index is 0.136. The Kier molecular flexibility index (Phi) is 6.64. The van der Waals surface area contributed by atoms with Crippen LogP contribution in [0.3, 0.4) is 0 Å². The van der Waals surface area contributed by atoms with Gasteiger partial charge < -0.3 is 15.2 Å². The molecule has 1 fully saturated rings. The molecule has 1 aliphatic heterocycles. The Bertz CT molecular complexity index is 209. The van der Waals surface area contributed by atoms with E-state index >= 15 is 0 Å². The summed E-state index contributed by atoms with van der Waals surface area (Å²) in [5, 5.41) is 12.6. The molecule has 2 N–H and O–H groups in total. The molecule has 0 saturated carbocycles. The summed E-state index contributed by atoms with van der Waals surface area (Å²) in [6, 6.07) is 0.136. The number of hydrogen-bond donors (Lipinski definition) is 2. The molecule has 4 nitrogen and oxygen atoms in total. The standard InChI is InChI=1S/C12H24N2O2/c1-3-4-13-7-11(2)8-14-5-6-16-10-12(14)9-15/h12-13,15H,2-10H2,1H3. The highest BCUT2D eigenvalue weighted by Gasteiger charge is 2.22. The fraction of sp³-hybridized carbons (Fsp3) is 0.833. The van der Waals surface area contributed by atoms with Gasteiger partial charge in [-0.25, -0.2) is 0 Å². The first-order valence-corrected chi connectivity index (χ1v) is 6.08. The monoisotopic (exact) mass is 228 g/mol. The summed E-state index contributed by atoms with van der Waals surface area (Å²) in [5.74, 6) is 0. The molecule has 0 radical (unpaired) electrons. The number of rotatable bonds is 7. The van der Waals surface area contributed by atoms with Gasteiger partial charge in [0.05, 0.1) is 25.9 Å². The van der Waals surface area contributed by atoms with Gasteiger partial charge in [0.15, 0.2) is 0 Å². The van der Waals surface area contributed by atoms with E-state index in [1.165, 1.54) is 5.57 Å². The zero-order chi connectivity index (χ0) is 11.8. The molecule has 4 heteroatoms. The molecule has 1 rings (SSSR count). The Balaban J connectivity index is 2.25. The average molecular weight is 228 g/mol. The lowest BCUT2D eigenvalue weighted by atomic mass is 10.2. The average Bonchev–Trinajstić information content (AvgIpc) is 2.30. The van der Waals surface area contributed by atoms with E-state index in [0.29, 0.717) is 6.61 Å². The minimum absolute atomic E-state index is 0.136. The number of ether oxygens (including phenoxy) is 1. The van der Waals surface area contributed by atoms with Crippen molar-refractivity contribution in [3.05, 3.63) is 12.2 Å². The second-order valence-corrected chi connectivity index (χ2v) is 4.31. The largest absolute Gasteiger partial charge is 0.395 e. The predicted octanol–water partition coefficient (Wildman–Crippen LogP) is 0.235. The summed E-state index contributed by atoms with van der Waals surface area (Å²) in [6.07, 6.45) is 1.14. The SMILES string of the molecule is C=C(CNCCC)CN1CCOCC1CO. The van der Waals surface area contributed by atoms with Crippen LogP contribution in [-0.2, 0) is 4.74 Å². The van der Waals surface area contributed by atoms with Crippen LogP contribution < -0.4 is 5.32 Å². The highest BCUT2D eigenvalue weighted by molar-refractivity contribution is 5.01. The van der Waals surface area contributed by atoms with Crippen molar-refractivity contribution < 1.29 is 9.84 Å². The summed E-state index contributed by atoms with van der Waals surface area (Å²) in [7, 11) is 0. The number of aliphatic hydroxyl groups is 1. The fourth-order valence-corrected chi connectivity index (χ4v) is 1.85. The Morgan fingerprint density at radius 3 is 3.12 bits per heavy atom. The number of nitrogens with zero attached hydrogens (tertiary/aromatic N) is 1. The van der Waals surface area contributed by atoms with Crippen molar-refractivity contribution in [1.82, 2.24) is 10.2 Å². The predicted molar refractivity (Wildman–Crippen MR) is 65.6 cm³/mol. The van der Waals surface area contributed by atoms with Crippen molar-refractivity contribution in [2.24, 2.45) is 0 Å². The van der Waals surface area contributed by atoms with Gasteiger partial charge in [-0.3, -0.25) is 4.90 Å². The van der Waals surface area contributed by atoms with Gasteiger partial charge >= 0.3 is 0 Å². The fourth-order valence-electron chi connectivity index (χ4n) is 1.85. The molecule has 0 bridgehead atoms. The van der Waals surface area contributed by atoms with Crippen LogP contribution in [0.25, 0.3) is 0 Å². The summed E-state index contributed by atoms with van der Waals surface area (Å²) in [4.78, 5) is 2.25. The van der Waals surface area contributed by atoms with E-state index < -0.39 is 0 Å². The van der Waals surface area contributed by atoms with Crippen LogP contribution in [0.1, 0.15) is 13.3 Å². The lowest BCUT2D eigenvalue weighted by molar-refractivity contribution is -0.0231. The maximum Gasteiger partial charge on any atom is 0.0644 e. The molecular formula is C12H24N2O2. The smallest absolute Gasteiger partial charge is 0.0644 e. The van der Waals surface area contributed by atoms with Gasteiger partial charge in [-0.1, -0.05) is 13.5 Å². The van der Waals surface area contributed by atoms with E-state index in [-0.39, 0.29) is 12.6 Å². The third-order valence-electron chi connectivity index (χ3n) is 2.79. The molecular weight excluding hydrogens is 204 g/mol. The maximum atomic E-state index is 9.22. The normalized spacial score (nSPS) is 22.2. The number of hydrogen-bond acceptors (Lipinski definition) is 4. The van der Waals surface area contributed by atoms with Crippen molar-refractivity contribution in [3.8, 4) is 0 Å². The molecule has 1 unspecified atom stereocenters. The van der Waals surface area contributed by atoms with Gasteiger partial charge in [0, 0.05) is 19.6 Å². The second-order valence-electron chi connectivity index (χ2n) is 4.31. The van der Waals surface area contributed by atoms with E-state index in [0.717, 1.165) is 39.2 Å². The molecule has 16 heavy (non-hydrogen) atoms. The maximum absolute atomic E-state index is 9.22. The van der Waals surface area contributed by atoms with Crippen LogP contribution in [0.5, 0.6) is 0 Å². The van der Waals surface area contributed by atoms with Crippen LogP contribution in [-0.4, -0.2) is 62.0 Å². The quantitative estimate of drug-likeness (QED) is 0.484. The lowest BCUT2D eigenvalue weighted by Gasteiger charge is -2.34.